The van der Waals surface area contributed by atoms with Crippen molar-refractivity contribution in [2.75, 3.05) is 13.2 Å². The van der Waals surface area contributed by atoms with Gasteiger partial charge in [0.15, 0.2) is 0 Å². The van der Waals surface area contributed by atoms with Crippen LogP contribution in [0.1, 0.15) is 26.7 Å². The van der Waals surface area contributed by atoms with Crippen LogP contribution in [0.4, 0.5) is 0 Å². The van der Waals surface area contributed by atoms with Crippen molar-refractivity contribution in [3.63, 3.8) is 0 Å². The largest absolute Gasteiger partial charge is 0.388 e. The van der Waals surface area contributed by atoms with Gasteiger partial charge in [-0.05, 0) is 6.42 Å². The van der Waals surface area contributed by atoms with Gasteiger partial charge in [-0.15, -0.1) is 0 Å². The van der Waals surface area contributed by atoms with Gasteiger partial charge >= 0.3 is 0 Å². The highest BCUT2D eigenvalue weighted by Crippen LogP contribution is 2.34. The fourth-order valence-electron chi connectivity index (χ4n) is 1.96. The Hall–Kier alpha value is -0.590. The fraction of sp³-hybridized carbons (Fsp3) is 0.900. The first-order valence-corrected chi connectivity index (χ1v) is 4.85. The standard InChI is InChI=1S/C10H17NO2/c1-3-9(6-11)10(12)4-5-13-7-8(10)2/h8-9,12H,3-5,7H2,1-2H3. The minimum absolute atomic E-state index is 0.0610. The van der Waals surface area contributed by atoms with Crippen molar-refractivity contribution in [1.82, 2.24) is 0 Å². The number of aliphatic hydroxyl groups is 1. The second kappa shape index (κ2) is 4.08. The molecule has 13 heavy (non-hydrogen) atoms. The molecule has 0 saturated carbocycles. The monoisotopic (exact) mass is 183 g/mol. The molecule has 0 aliphatic carbocycles. The number of nitrogens with zero attached hydrogens (tertiary/aromatic N) is 1. The molecule has 1 N–H and O–H groups in total. The Labute approximate surface area is 79.3 Å². The van der Waals surface area contributed by atoms with Crippen LogP contribution in [0.3, 0.4) is 0 Å². The van der Waals surface area contributed by atoms with Gasteiger partial charge in [-0.2, -0.15) is 5.26 Å². The summed E-state index contributed by atoms with van der Waals surface area (Å²) < 4.78 is 5.25. The summed E-state index contributed by atoms with van der Waals surface area (Å²) in [5, 5.41) is 19.2. The molecule has 0 radical (unpaired) electrons. The first-order chi connectivity index (χ1) is 6.15. The van der Waals surface area contributed by atoms with Crippen molar-refractivity contribution in [3.05, 3.63) is 0 Å². The van der Waals surface area contributed by atoms with Gasteiger partial charge in [0.25, 0.3) is 0 Å². The zero-order chi connectivity index (χ0) is 9.90. The Morgan fingerprint density at radius 3 is 2.92 bits per heavy atom. The SMILES string of the molecule is CCC(C#N)C1(O)CCOCC1C. The van der Waals surface area contributed by atoms with E-state index in [-0.39, 0.29) is 11.8 Å². The fourth-order valence-corrected chi connectivity index (χ4v) is 1.96. The Kier molecular flexibility index (Phi) is 3.29. The summed E-state index contributed by atoms with van der Waals surface area (Å²) in [7, 11) is 0. The average molecular weight is 183 g/mol. The van der Waals surface area contributed by atoms with Crippen LogP contribution in [0, 0.1) is 23.2 Å². The molecule has 1 rings (SSSR count). The van der Waals surface area contributed by atoms with Crippen LogP contribution in [0.25, 0.3) is 0 Å². The van der Waals surface area contributed by atoms with E-state index in [0.717, 1.165) is 0 Å². The molecule has 0 aromatic rings. The van der Waals surface area contributed by atoms with Gasteiger partial charge in [-0.1, -0.05) is 13.8 Å². The molecule has 74 valence electrons. The van der Waals surface area contributed by atoms with E-state index in [4.69, 9.17) is 10.00 Å². The lowest BCUT2D eigenvalue weighted by atomic mass is 9.74. The molecule has 0 amide bonds. The summed E-state index contributed by atoms with van der Waals surface area (Å²) in [5.41, 5.74) is -0.832. The predicted molar refractivity (Wildman–Crippen MR) is 48.9 cm³/mol. The van der Waals surface area contributed by atoms with Crippen LogP contribution < -0.4 is 0 Å². The van der Waals surface area contributed by atoms with Crippen LogP contribution in [0.2, 0.25) is 0 Å². The maximum Gasteiger partial charge on any atom is 0.0874 e. The third kappa shape index (κ3) is 1.84. The van der Waals surface area contributed by atoms with E-state index in [2.05, 4.69) is 6.07 Å². The lowest BCUT2D eigenvalue weighted by molar-refractivity contribution is -0.128. The second-order valence-corrected chi connectivity index (χ2v) is 3.81. The number of rotatable bonds is 2. The van der Waals surface area contributed by atoms with Crippen molar-refractivity contribution in [3.8, 4) is 6.07 Å². The van der Waals surface area contributed by atoms with Crippen LogP contribution in [0.5, 0.6) is 0 Å². The first kappa shape index (κ1) is 10.5. The maximum atomic E-state index is 10.3. The van der Waals surface area contributed by atoms with E-state index < -0.39 is 5.60 Å². The number of ether oxygens (including phenoxy) is 1. The Morgan fingerprint density at radius 1 is 1.77 bits per heavy atom. The molecule has 0 aromatic carbocycles. The van der Waals surface area contributed by atoms with E-state index in [9.17, 15) is 5.11 Å². The predicted octanol–water partition coefficient (Wildman–Crippen LogP) is 1.32. The average Bonchev–Trinajstić information content (AvgIpc) is 2.12. The normalized spacial score (nSPS) is 36.6. The Morgan fingerprint density at radius 2 is 2.46 bits per heavy atom. The van der Waals surface area contributed by atoms with Gasteiger partial charge in [0.2, 0.25) is 0 Å². The molecule has 1 fully saturated rings. The highest BCUT2D eigenvalue weighted by Gasteiger charge is 2.42. The second-order valence-electron chi connectivity index (χ2n) is 3.81. The van der Waals surface area contributed by atoms with E-state index in [1.54, 1.807) is 0 Å². The zero-order valence-corrected chi connectivity index (χ0v) is 8.29. The number of hydrogen-bond donors (Lipinski definition) is 1. The molecule has 3 unspecified atom stereocenters. The lowest BCUT2D eigenvalue weighted by Crippen LogP contribution is -2.49. The molecule has 0 aromatic heterocycles. The van der Waals surface area contributed by atoms with E-state index in [1.807, 2.05) is 13.8 Å². The highest BCUT2D eigenvalue weighted by molar-refractivity contribution is 5.01. The molecular formula is C10H17NO2. The van der Waals surface area contributed by atoms with Crippen LogP contribution >= 0.6 is 0 Å². The van der Waals surface area contributed by atoms with E-state index in [0.29, 0.717) is 26.1 Å². The molecule has 0 bridgehead atoms. The number of nitriles is 1. The van der Waals surface area contributed by atoms with Crippen LogP contribution in [-0.2, 0) is 4.74 Å². The van der Waals surface area contributed by atoms with Gasteiger partial charge in [0, 0.05) is 18.9 Å². The minimum atomic E-state index is -0.832. The quantitative estimate of drug-likeness (QED) is 0.702. The summed E-state index contributed by atoms with van der Waals surface area (Å²) in [4.78, 5) is 0. The molecule has 1 aliphatic rings. The smallest absolute Gasteiger partial charge is 0.0874 e. The van der Waals surface area contributed by atoms with Crippen molar-refractivity contribution < 1.29 is 9.84 Å². The molecule has 1 saturated heterocycles. The summed E-state index contributed by atoms with van der Waals surface area (Å²) in [6.45, 7) is 5.01. The summed E-state index contributed by atoms with van der Waals surface area (Å²) in [5.74, 6) is -0.197. The van der Waals surface area contributed by atoms with Crippen molar-refractivity contribution in [2.45, 2.75) is 32.3 Å². The third-order valence-corrected chi connectivity index (χ3v) is 3.04. The minimum Gasteiger partial charge on any atom is -0.388 e. The molecule has 1 heterocycles. The molecular weight excluding hydrogens is 166 g/mol. The van der Waals surface area contributed by atoms with Crippen molar-refractivity contribution in [2.24, 2.45) is 11.8 Å². The third-order valence-electron chi connectivity index (χ3n) is 3.04. The summed E-state index contributed by atoms with van der Waals surface area (Å²) in [6.07, 6.45) is 1.29. The van der Waals surface area contributed by atoms with Crippen molar-refractivity contribution >= 4 is 0 Å². The van der Waals surface area contributed by atoms with Crippen LogP contribution in [-0.4, -0.2) is 23.9 Å². The Balaban J connectivity index is 2.77. The topological polar surface area (TPSA) is 53.2 Å². The van der Waals surface area contributed by atoms with E-state index in [1.165, 1.54) is 0 Å². The van der Waals surface area contributed by atoms with Gasteiger partial charge in [0.05, 0.1) is 24.2 Å². The number of hydrogen-bond acceptors (Lipinski definition) is 3. The van der Waals surface area contributed by atoms with Gasteiger partial charge in [0.1, 0.15) is 0 Å². The first-order valence-electron chi connectivity index (χ1n) is 4.85. The summed E-state index contributed by atoms with van der Waals surface area (Å²) in [6, 6.07) is 2.19. The molecule has 3 atom stereocenters. The lowest BCUT2D eigenvalue weighted by Gasteiger charge is -2.40. The molecule has 3 heteroatoms. The summed E-state index contributed by atoms with van der Waals surface area (Å²) >= 11 is 0. The van der Waals surface area contributed by atoms with E-state index >= 15 is 0 Å². The van der Waals surface area contributed by atoms with Gasteiger partial charge in [-0.3, -0.25) is 0 Å². The molecule has 1 aliphatic heterocycles. The molecule has 0 spiro atoms. The maximum absolute atomic E-state index is 10.3. The molecule has 3 nitrogen and oxygen atoms in total. The van der Waals surface area contributed by atoms with Crippen LogP contribution in [0.15, 0.2) is 0 Å². The Bertz CT molecular complexity index is 211. The van der Waals surface area contributed by atoms with Gasteiger partial charge in [-0.25, -0.2) is 0 Å². The van der Waals surface area contributed by atoms with Crippen molar-refractivity contribution in [1.29, 1.82) is 5.26 Å². The highest BCUT2D eigenvalue weighted by atomic mass is 16.5. The van der Waals surface area contributed by atoms with Gasteiger partial charge < -0.3 is 9.84 Å². The zero-order valence-electron chi connectivity index (χ0n) is 8.29.